The van der Waals surface area contributed by atoms with Crippen molar-refractivity contribution >= 4 is 5.91 Å². The molecule has 1 aliphatic heterocycles. The summed E-state index contributed by atoms with van der Waals surface area (Å²) in [5.41, 5.74) is 4.62. The summed E-state index contributed by atoms with van der Waals surface area (Å²) in [6.07, 6.45) is 2.88. The number of aryl methyl sites for hydroxylation is 1. The van der Waals surface area contributed by atoms with Crippen LogP contribution in [0.1, 0.15) is 17.5 Å². The average molecular weight is 456 g/mol. The molecule has 3 aromatic carbocycles. The zero-order valence-electron chi connectivity index (χ0n) is 18.9. The van der Waals surface area contributed by atoms with Crippen molar-refractivity contribution in [3.05, 3.63) is 90.1 Å². The number of aromatic nitrogens is 2. The van der Waals surface area contributed by atoms with Crippen LogP contribution in [0.3, 0.4) is 0 Å². The van der Waals surface area contributed by atoms with Crippen molar-refractivity contribution in [1.82, 2.24) is 15.1 Å². The van der Waals surface area contributed by atoms with Gasteiger partial charge in [0.2, 0.25) is 12.7 Å². The molecule has 2 heterocycles. The van der Waals surface area contributed by atoms with Gasteiger partial charge >= 0.3 is 0 Å². The van der Waals surface area contributed by atoms with Crippen molar-refractivity contribution in [3.8, 4) is 34.2 Å². The molecule has 0 aliphatic carbocycles. The highest BCUT2D eigenvalue weighted by Crippen LogP contribution is 2.36. The predicted molar refractivity (Wildman–Crippen MR) is 128 cm³/mol. The summed E-state index contributed by atoms with van der Waals surface area (Å²) in [6, 6.07) is 23.4. The Morgan fingerprint density at radius 3 is 2.65 bits per heavy atom. The number of ether oxygens (including phenoxy) is 3. The van der Waals surface area contributed by atoms with Crippen LogP contribution in [0.25, 0.3) is 16.9 Å². The largest absolute Gasteiger partial charge is 0.496 e. The molecule has 7 heteroatoms. The third-order valence-electron chi connectivity index (χ3n) is 5.75. The van der Waals surface area contributed by atoms with Gasteiger partial charge in [0.05, 0.1) is 18.5 Å². The molecule has 0 unspecified atom stereocenters. The second kappa shape index (κ2) is 9.70. The molecule has 0 saturated heterocycles. The van der Waals surface area contributed by atoms with E-state index in [2.05, 4.69) is 5.32 Å². The number of nitrogens with one attached hydrogen (secondary N) is 1. The first-order chi connectivity index (χ1) is 16.7. The maximum Gasteiger partial charge on any atom is 0.231 e. The van der Waals surface area contributed by atoms with Gasteiger partial charge in [0, 0.05) is 30.3 Å². The molecule has 0 spiro atoms. The van der Waals surface area contributed by atoms with Crippen LogP contribution >= 0.6 is 0 Å². The van der Waals surface area contributed by atoms with E-state index in [0.717, 1.165) is 39.6 Å². The zero-order valence-corrected chi connectivity index (χ0v) is 18.9. The Bertz CT molecular complexity index is 1300. The highest BCUT2D eigenvalue weighted by atomic mass is 16.7. The standard InChI is InChI=1S/C27H25N3O4/c1-32-23-10-6-5-7-20(23)16-28-26(31)14-12-21-17-30(22-8-3-2-4-9-22)29-27(21)19-11-13-24-25(15-19)34-18-33-24/h2-11,13,15,17H,12,14,16,18H2,1H3,(H,28,31). The molecular weight excluding hydrogens is 430 g/mol. The van der Waals surface area contributed by atoms with Crippen LogP contribution in [0.15, 0.2) is 79.0 Å². The minimum Gasteiger partial charge on any atom is -0.496 e. The summed E-state index contributed by atoms with van der Waals surface area (Å²) >= 11 is 0. The van der Waals surface area contributed by atoms with Crippen LogP contribution in [0.5, 0.6) is 17.2 Å². The molecule has 0 radical (unpaired) electrons. The van der Waals surface area contributed by atoms with E-state index in [9.17, 15) is 4.79 Å². The Labute approximate surface area is 197 Å². The molecule has 7 nitrogen and oxygen atoms in total. The number of hydrogen-bond acceptors (Lipinski definition) is 5. The number of hydrogen-bond donors (Lipinski definition) is 1. The molecule has 0 atom stereocenters. The Hall–Kier alpha value is -4.26. The summed E-state index contributed by atoms with van der Waals surface area (Å²) in [5.74, 6) is 2.16. The number of nitrogens with zero attached hydrogens (tertiary/aromatic N) is 2. The lowest BCUT2D eigenvalue weighted by Crippen LogP contribution is -2.23. The van der Waals surface area contributed by atoms with E-state index in [0.29, 0.717) is 25.1 Å². The monoisotopic (exact) mass is 455 g/mol. The SMILES string of the molecule is COc1ccccc1CNC(=O)CCc1cn(-c2ccccc2)nc1-c1ccc2c(c1)OCO2. The summed E-state index contributed by atoms with van der Waals surface area (Å²) in [5, 5.41) is 7.84. The predicted octanol–water partition coefficient (Wildman–Crippen LogP) is 4.53. The van der Waals surface area contributed by atoms with Crippen LogP contribution in [0.4, 0.5) is 0 Å². The summed E-state index contributed by atoms with van der Waals surface area (Å²) in [4.78, 5) is 12.7. The van der Waals surface area contributed by atoms with E-state index in [-0.39, 0.29) is 12.7 Å². The fraction of sp³-hybridized carbons (Fsp3) is 0.185. The van der Waals surface area contributed by atoms with Crippen molar-refractivity contribution in [2.45, 2.75) is 19.4 Å². The first kappa shape index (κ1) is 21.6. The first-order valence-corrected chi connectivity index (χ1v) is 11.1. The highest BCUT2D eigenvalue weighted by Gasteiger charge is 2.18. The van der Waals surface area contributed by atoms with Crippen LogP contribution in [0, 0.1) is 0 Å². The summed E-state index contributed by atoms with van der Waals surface area (Å²) < 4.78 is 18.2. The average Bonchev–Trinajstić information content (AvgIpc) is 3.53. The number of fused-ring (bicyclic) bond motifs is 1. The van der Waals surface area contributed by atoms with Crippen LogP contribution in [-0.2, 0) is 17.8 Å². The van der Waals surface area contributed by atoms with Gasteiger partial charge in [-0.2, -0.15) is 5.10 Å². The van der Waals surface area contributed by atoms with Gasteiger partial charge in [-0.05, 0) is 48.4 Å². The number of methoxy groups -OCH3 is 1. The van der Waals surface area contributed by atoms with Gasteiger partial charge < -0.3 is 19.5 Å². The van der Waals surface area contributed by atoms with Gasteiger partial charge in [0.1, 0.15) is 5.75 Å². The Kier molecular flexibility index (Phi) is 6.16. The molecule has 1 aliphatic rings. The van der Waals surface area contributed by atoms with Gasteiger partial charge in [0.15, 0.2) is 11.5 Å². The van der Waals surface area contributed by atoms with Crippen LogP contribution < -0.4 is 19.5 Å². The lowest BCUT2D eigenvalue weighted by molar-refractivity contribution is -0.121. The molecule has 1 N–H and O–H groups in total. The maximum absolute atomic E-state index is 12.7. The molecular formula is C27H25N3O4. The van der Waals surface area contributed by atoms with Crippen molar-refractivity contribution in [2.75, 3.05) is 13.9 Å². The van der Waals surface area contributed by atoms with Crippen molar-refractivity contribution in [3.63, 3.8) is 0 Å². The van der Waals surface area contributed by atoms with Gasteiger partial charge in [-0.1, -0.05) is 36.4 Å². The fourth-order valence-electron chi connectivity index (χ4n) is 3.97. The Morgan fingerprint density at radius 1 is 1.00 bits per heavy atom. The van der Waals surface area contributed by atoms with Gasteiger partial charge in [0.25, 0.3) is 0 Å². The van der Waals surface area contributed by atoms with E-state index < -0.39 is 0 Å². The normalized spacial score (nSPS) is 11.9. The van der Waals surface area contributed by atoms with Crippen LogP contribution in [0.2, 0.25) is 0 Å². The van der Waals surface area contributed by atoms with E-state index >= 15 is 0 Å². The molecule has 172 valence electrons. The summed E-state index contributed by atoms with van der Waals surface area (Å²) in [6.45, 7) is 0.637. The minimum atomic E-state index is -0.0324. The number of para-hydroxylation sites is 2. The fourth-order valence-corrected chi connectivity index (χ4v) is 3.97. The number of benzene rings is 3. The van der Waals surface area contributed by atoms with Crippen molar-refractivity contribution < 1.29 is 19.0 Å². The number of amides is 1. The lowest BCUT2D eigenvalue weighted by atomic mass is 10.0. The Morgan fingerprint density at radius 2 is 1.79 bits per heavy atom. The number of rotatable bonds is 8. The molecule has 4 aromatic rings. The van der Waals surface area contributed by atoms with Gasteiger partial charge in [-0.25, -0.2) is 4.68 Å². The molecule has 0 bridgehead atoms. The summed E-state index contributed by atoms with van der Waals surface area (Å²) in [7, 11) is 1.63. The third kappa shape index (κ3) is 4.59. The van der Waals surface area contributed by atoms with Crippen molar-refractivity contribution in [2.24, 2.45) is 0 Å². The number of carbonyl (C=O) groups excluding carboxylic acids is 1. The topological polar surface area (TPSA) is 74.6 Å². The highest BCUT2D eigenvalue weighted by molar-refractivity contribution is 5.77. The maximum atomic E-state index is 12.7. The molecule has 0 saturated carbocycles. The number of carbonyl (C=O) groups is 1. The minimum absolute atomic E-state index is 0.0324. The second-order valence-electron chi connectivity index (χ2n) is 7.94. The second-order valence-corrected chi connectivity index (χ2v) is 7.94. The first-order valence-electron chi connectivity index (χ1n) is 11.1. The van der Waals surface area contributed by atoms with Gasteiger partial charge in [-0.15, -0.1) is 0 Å². The van der Waals surface area contributed by atoms with Crippen LogP contribution in [-0.4, -0.2) is 29.6 Å². The third-order valence-corrected chi connectivity index (χ3v) is 5.75. The molecule has 1 amide bonds. The molecule has 5 rings (SSSR count). The molecule has 0 fully saturated rings. The van der Waals surface area contributed by atoms with E-state index in [4.69, 9.17) is 19.3 Å². The smallest absolute Gasteiger partial charge is 0.231 e. The van der Waals surface area contributed by atoms with E-state index in [1.165, 1.54) is 0 Å². The quantitative estimate of drug-likeness (QED) is 0.423. The lowest BCUT2D eigenvalue weighted by Gasteiger charge is -2.09. The zero-order chi connectivity index (χ0) is 23.3. The van der Waals surface area contributed by atoms with Crippen molar-refractivity contribution in [1.29, 1.82) is 0 Å². The van der Waals surface area contributed by atoms with E-state index in [1.54, 1.807) is 7.11 Å². The Balaban J connectivity index is 1.35. The molecule has 34 heavy (non-hydrogen) atoms. The molecule has 1 aromatic heterocycles. The van der Waals surface area contributed by atoms with Gasteiger partial charge in [-0.3, -0.25) is 4.79 Å². The van der Waals surface area contributed by atoms with E-state index in [1.807, 2.05) is 83.7 Å².